The Morgan fingerprint density at radius 3 is 2.93 bits per heavy atom. The number of hydrogen-bond donors (Lipinski definition) is 1. The molecule has 0 heterocycles. The second-order valence-electron chi connectivity index (χ2n) is 2.91. The van der Waals surface area contributed by atoms with E-state index in [1.807, 2.05) is 6.07 Å². The normalized spacial score (nSPS) is 9.33. The van der Waals surface area contributed by atoms with Gasteiger partial charge in [-0.05, 0) is 18.2 Å². The van der Waals surface area contributed by atoms with Crippen LogP contribution in [0.1, 0.15) is 22.3 Å². The van der Waals surface area contributed by atoms with E-state index in [-0.39, 0.29) is 6.61 Å². The van der Waals surface area contributed by atoms with Gasteiger partial charge in [-0.15, -0.1) is 0 Å². The summed E-state index contributed by atoms with van der Waals surface area (Å²) >= 11 is 0. The monoisotopic (exact) mass is 205 g/mol. The summed E-state index contributed by atoms with van der Waals surface area (Å²) in [4.78, 5) is 10.5. The maximum absolute atomic E-state index is 10.5. The second-order valence-corrected chi connectivity index (χ2v) is 2.91. The van der Waals surface area contributed by atoms with Gasteiger partial charge in [-0.3, -0.25) is 4.79 Å². The van der Waals surface area contributed by atoms with E-state index in [1.54, 1.807) is 12.1 Å². The molecule has 4 heteroatoms. The fourth-order valence-electron chi connectivity index (χ4n) is 1.08. The van der Waals surface area contributed by atoms with Crippen LogP contribution in [-0.2, 0) is 0 Å². The number of carbonyl (C=O) groups excluding carboxylic acids is 1. The first kappa shape index (κ1) is 11.2. The van der Waals surface area contributed by atoms with Crippen molar-refractivity contribution >= 4 is 6.29 Å². The Kier molecular flexibility index (Phi) is 4.32. The summed E-state index contributed by atoms with van der Waals surface area (Å²) < 4.78 is 5.27. The van der Waals surface area contributed by atoms with Crippen LogP contribution in [0.25, 0.3) is 0 Å². The molecule has 1 N–H and O–H groups in total. The van der Waals surface area contributed by atoms with E-state index >= 15 is 0 Å². The summed E-state index contributed by atoms with van der Waals surface area (Å²) in [5.74, 6) is 0.441. The van der Waals surface area contributed by atoms with Crippen molar-refractivity contribution in [2.45, 2.75) is 6.42 Å². The molecule has 0 spiro atoms. The van der Waals surface area contributed by atoms with Gasteiger partial charge >= 0.3 is 0 Å². The molecule has 0 aliphatic rings. The molecule has 0 fully saturated rings. The smallest absolute Gasteiger partial charge is 0.150 e. The summed E-state index contributed by atoms with van der Waals surface area (Å²) in [6.07, 6.45) is 1.19. The highest BCUT2D eigenvalue weighted by molar-refractivity contribution is 5.76. The van der Waals surface area contributed by atoms with Crippen LogP contribution in [0.4, 0.5) is 0 Å². The third kappa shape index (κ3) is 3.08. The maximum Gasteiger partial charge on any atom is 0.150 e. The van der Waals surface area contributed by atoms with Gasteiger partial charge in [0.25, 0.3) is 0 Å². The number of aliphatic hydroxyl groups is 1. The minimum Gasteiger partial charge on any atom is -0.492 e. The molecule has 0 aliphatic heterocycles. The first-order chi connectivity index (χ1) is 7.31. The topological polar surface area (TPSA) is 70.3 Å². The van der Waals surface area contributed by atoms with Crippen molar-refractivity contribution in [2.24, 2.45) is 0 Å². The number of nitriles is 1. The molecule has 0 saturated heterocycles. The van der Waals surface area contributed by atoms with Gasteiger partial charge in [0.2, 0.25) is 0 Å². The van der Waals surface area contributed by atoms with Crippen LogP contribution in [0.5, 0.6) is 5.75 Å². The van der Waals surface area contributed by atoms with Gasteiger partial charge in [0.15, 0.2) is 0 Å². The number of hydrogen-bond acceptors (Lipinski definition) is 4. The molecule has 0 aliphatic carbocycles. The minimum absolute atomic E-state index is 0.0499. The zero-order chi connectivity index (χ0) is 11.1. The highest BCUT2D eigenvalue weighted by Crippen LogP contribution is 2.18. The van der Waals surface area contributed by atoms with E-state index in [0.717, 1.165) is 0 Å². The Labute approximate surface area is 87.7 Å². The van der Waals surface area contributed by atoms with E-state index in [1.165, 1.54) is 6.07 Å². The predicted octanol–water partition coefficient (Wildman–Crippen LogP) is 1.13. The second kappa shape index (κ2) is 5.78. The Morgan fingerprint density at radius 1 is 1.53 bits per heavy atom. The molecule has 0 saturated carbocycles. The number of ether oxygens (including phenoxy) is 1. The third-order valence-corrected chi connectivity index (χ3v) is 1.82. The van der Waals surface area contributed by atoms with E-state index in [9.17, 15) is 4.79 Å². The van der Waals surface area contributed by atoms with E-state index in [0.29, 0.717) is 36.2 Å². The number of aliphatic hydroxyl groups excluding tert-OH is 1. The Morgan fingerprint density at radius 2 is 2.33 bits per heavy atom. The van der Waals surface area contributed by atoms with Crippen molar-refractivity contribution in [1.82, 2.24) is 0 Å². The Hall–Kier alpha value is -1.86. The molecule has 0 aromatic heterocycles. The molecular formula is C11H11NO3. The van der Waals surface area contributed by atoms with Gasteiger partial charge in [0.1, 0.15) is 18.1 Å². The first-order valence-corrected chi connectivity index (χ1v) is 4.55. The number of rotatable bonds is 5. The molecule has 0 radical (unpaired) electrons. The quantitative estimate of drug-likeness (QED) is 0.577. The van der Waals surface area contributed by atoms with Crippen LogP contribution in [-0.4, -0.2) is 24.6 Å². The van der Waals surface area contributed by atoms with Crippen LogP contribution >= 0.6 is 0 Å². The summed E-state index contributed by atoms with van der Waals surface area (Å²) in [7, 11) is 0. The van der Waals surface area contributed by atoms with Crippen LogP contribution < -0.4 is 4.74 Å². The van der Waals surface area contributed by atoms with Crippen LogP contribution in [0, 0.1) is 11.3 Å². The maximum atomic E-state index is 10.5. The van der Waals surface area contributed by atoms with E-state index in [4.69, 9.17) is 15.1 Å². The van der Waals surface area contributed by atoms with Crippen molar-refractivity contribution in [3.8, 4) is 11.8 Å². The fourth-order valence-corrected chi connectivity index (χ4v) is 1.08. The minimum atomic E-state index is 0.0499. The molecule has 0 amide bonds. The molecule has 0 bridgehead atoms. The molecule has 1 rings (SSSR count). The van der Waals surface area contributed by atoms with Gasteiger partial charge in [-0.1, -0.05) is 0 Å². The highest BCUT2D eigenvalue weighted by Gasteiger charge is 2.03. The summed E-state index contributed by atoms with van der Waals surface area (Å²) in [5, 5.41) is 17.4. The summed E-state index contributed by atoms with van der Waals surface area (Å²) in [6.45, 7) is 0.403. The number of aldehydes is 1. The molecular weight excluding hydrogens is 194 g/mol. The third-order valence-electron chi connectivity index (χ3n) is 1.82. The average molecular weight is 205 g/mol. The van der Waals surface area contributed by atoms with Crippen LogP contribution in [0.15, 0.2) is 18.2 Å². The molecule has 1 aromatic rings. The van der Waals surface area contributed by atoms with Gasteiger partial charge in [-0.2, -0.15) is 5.26 Å². The highest BCUT2D eigenvalue weighted by atomic mass is 16.5. The van der Waals surface area contributed by atoms with E-state index in [2.05, 4.69) is 0 Å². The zero-order valence-electron chi connectivity index (χ0n) is 8.14. The Bertz CT molecular complexity index is 382. The van der Waals surface area contributed by atoms with Crippen molar-refractivity contribution in [3.05, 3.63) is 29.3 Å². The standard InChI is InChI=1S/C11H11NO3/c12-7-10-6-9(8-14)2-3-11(10)15-5-1-4-13/h2-3,6,8,13H,1,4-5H2. The van der Waals surface area contributed by atoms with Crippen LogP contribution in [0.3, 0.4) is 0 Å². The molecule has 1 aromatic carbocycles. The summed E-state index contributed by atoms with van der Waals surface area (Å²) in [6, 6.07) is 6.59. The number of nitrogens with zero attached hydrogens (tertiary/aromatic N) is 1. The fraction of sp³-hybridized carbons (Fsp3) is 0.273. The van der Waals surface area contributed by atoms with Crippen molar-refractivity contribution in [2.75, 3.05) is 13.2 Å². The lowest BCUT2D eigenvalue weighted by Gasteiger charge is -2.06. The van der Waals surface area contributed by atoms with Crippen molar-refractivity contribution in [3.63, 3.8) is 0 Å². The SMILES string of the molecule is N#Cc1cc(C=O)ccc1OCCCO. The van der Waals surface area contributed by atoms with Gasteiger partial charge in [0.05, 0.1) is 12.2 Å². The molecule has 0 unspecified atom stereocenters. The number of carbonyl (C=O) groups is 1. The van der Waals surface area contributed by atoms with Gasteiger partial charge in [0, 0.05) is 18.6 Å². The first-order valence-electron chi connectivity index (χ1n) is 4.55. The Balaban J connectivity index is 2.79. The number of benzene rings is 1. The van der Waals surface area contributed by atoms with Crippen molar-refractivity contribution < 1.29 is 14.6 Å². The summed E-state index contributed by atoms with van der Waals surface area (Å²) in [5.41, 5.74) is 0.776. The van der Waals surface area contributed by atoms with Crippen molar-refractivity contribution in [1.29, 1.82) is 5.26 Å². The van der Waals surface area contributed by atoms with Gasteiger partial charge < -0.3 is 9.84 Å². The molecule has 0 atom stereocenters. The lowest BCUT2D eigenvalue weighted by atomic mass is 10.1. The van der Waals surface area contributed by atoms with Gasteiger partial charge in [-0.25, -0.2) is 0 Å². The lowest BCUT2D eigenvalue weighted by Crippen LogP contribution is -2.01. The largest absolute Gasteiger partial charge is 0.492 e. The molecule has 78 valence electrons. The molecule has 4 nitrogen and oxygen atoms in total. The van der Waals surface area contributed by atoms with E-state index < -0.39 is 0 Å². The average Bonchev–Trinajstić information content (AvgIpc) is 2.29. The zero-order valence-corrected chi connectivity index (χ0v) is 8.14. The van der Waals surface area contributed by atoms with Crippen LogP contribution in [0.2, 0.25) is 0 Å². The lowest BCUT2D eigenvalue weighted by molar-refractivity contribution is 0.112. The predicted molar refractivity (Wildman–Crippen MR) is 53.7 cm³/mol. The molecule has 15 heavy (non-hydrogen) atoms.